The predicted molar refractivity (Wildman–Crippen MR) is 103 cm³/mol. The van der Waals surface area contributed by atoms with Gasteiger partial charge >= 0.3 is 0 Å². The van der Waals surface area contributed by atoms with Gasteiger partial charge in [0, 0.05) is 31.2 Å². The molecule has 4 nitrogen and oxygen atoms in total. The number of hydrogen-bond donors (Lipinski definition) is 0. The number of nitrogens with zero attached hydrogens (tertiary/aromatic N) is 1. The highest BCUT2D eigenvalue weighted by atomic mass is 32.2. The van der Waals surface area contributed by atoms with Gasteiger partial charge in [0.05, 0.1) is 10.1 Å². The Morgan fingerprint density at radius 1 is 0.880 bits per heavy atom. The Morgan fingerprint density at radius 3 is 1.96 bits per heavy atom. The smallest absolute Gasteiger partial charge is 0.181 e. The Hall–Kier alpha value is -0.940. The standard InChI is InChI=1S/C19H34N.CH4O3S/c1-3-5-7-8-9-10-11-13-17-20-18-14-12-16-19(20)15-6-4-2;1-5(2,3)4/h12,14,16,18H,3-11,13,15,17H2,1-2H3;1H3,(H,2,3,4)/q+1;/p-1. The van der Waals surface area contributed by atoms with Gasteiger partial charge in [0.15, 0.2) is 11.9 Å². The maximum Gasteiger partial charge on any atom is 0.181 e. The third kappa shape index (κ3) is 17.7. The van der Waals surface area contributed by atoms with E-state index >= 15 is 0 Å². The number of unbranched alkanes of at least 4 members (excludes halogenated alkanes) is 8. The van der Waals surface area contributed by atoms with Crippen LogP contribution in [0.1, 0.15) is 83.7 Å². The molecular weight excluding hydrogens is 334 g/mol. The summed E-state index contributed by atoms with van der Waals surface area (Å²) >= 11 is 0. The highest BCUT2D eigenvalue weighted by Crippen LogP contribution is 2.08. The van der Waals surface area contributed by atoms with Crippen molar-refractivity contribution in [2.75, 3.05) is 6.26 Å². The average Bonchev–Trinajstić information content (AvgIpc) is 2.55. The van der Waals surface area contributed by atoms with Crippen LogP contribution in [0.3, 0.4) is 0 Å². The first-order chi connectivity index (χ1) is 11.9. The first kappa shape index (κ1) is 24.1. The molecule has 0 saturated heterocycles. The quantitative estimate of drug-likeness (QED) is 0.306. The number of aryl methyl sites for hydroxylation is 2. The van der Waals surface area contributed by atoms with Crippen LogP contribution in [0.2, 0.25) is 0 Å². The molecule has 1 heterocycles. The van der Waals surface area contributed by atoms with E-state index in [2.05, 4.69) is 42.8 Å². The van der Waals surface area contributed by atoms with Crippen molar-refractivity contribution in [2.24, 2.45) is 0 Å². The van der Waals surface area contributed by atoms with Gasteiger partial charge in [0.1, 0.15) is 6.54 Å². The van der Waals surface area contributed by atoms with E-state index in [-0.39, 0.29) is 0 Å². The van der Waals surface area contributed by atoms with Crippen molar-refractivity contribution in [3.05, 3.63) is 30.1 Å². The van der Waals surface area contributed by atoms with Gasteiger partial charge in [-0.3, -0.25) is 0 Å². The fraction of sp³-hybridized carbons (Fsp3) is 0.750. The summed E-state index contributed by atoms with van der Waals surface area (Å²) in [6.07, 6.45) is 17.9. The minimum absolute atomic E-state index is 0.604. The van der Waals surface area contributed by atoms with Crippen molar-refractivity contribution < 1.29 is 17.5 Å². The number of pyridine rings is 1. The average molecular weight is 372 g/mol. The lowest BCUT2D eigenvalue weighted by molar-refractivity contribution is -0.704. The minimum Gasteiger partial charge on any atom is -0.748 e. The topological polar surface area (TPSA) is 61.1 Å². The van der Waals surface area contributed by atoms with E-state index < -0.39 is 10.1 Å². The zero-order valence-corrected chi connectivity index (χ0v) is 17.2. The van der Waals surface area contributed by atoms with Crippen LogP contribution in [0.5, 0.6) is 0 Å². The van der Waals surface area contributed by atoms with Crippen LogP contribution in [0.25, 0.3) is 0 Å². The second-order valence-corrected chi connectivity index (χ2v) is 8.08. The lowest BCUT2D eigenvalue weighted by atomic mass is 10.1. The van der Waals surface area contributed by atoms with Crippen molar-refractivity contribution in [2.45, 2.75) is 91.0 Å². The largest absolute Gasteiger partial charge is 0.748 e. The van der Waals surface area contributed by atoms with Gasteiger partial charge < -0.3 is 4.55 Å². The fourth-order valence-corrected chi connectivity index (χ4v) is 2.73. The van der Waals surface area contributed by atoms with Crippen molar-refractivity contribution in [3.8, 4) is 0 Å². The molecule has 0 amide bonds. The summed E-state index contributed by atoms with van der Waals surface area (Å²) in [5, 5.41) is 0. The van der Waals surface area contributed by atoms with Crippen LogP contribution in [0, 0.1) is 0 Å². The van der Waals surface area contributed by atoms with Gasteiger partial charge in [0.2, 0.25) is 0 Å². The molecule has 0 saturated carbocycles. The summed E-state index contributed by atoms with van der Waals surface area (Å²) in [4.78, 5) is 0. The molecule has 0 spiro atoms. The van der Waals surface area contributed by atoms with E-state index in [1.807, 2.05) is 0 Å². The van der Waals surface area contributed by atoms with Crippen molar-refractivity contribution in [1.29, 1.82) is 0 Å². The molecule has 1 rings (SSSR count). The van der Waals surface area contributed by atoms with E-state index in [1.165, 1.54) is 82.9 Å². The molecule has 1 aromatic heterocycles. The molecule has 0 bridgehead atoms. The maximum absolute atomic E-state index is 9.08. The van der Waals surface area contributed by atoms with Crippen LogP contribution < -0.4 is 4.57 Å². The normalized spacial score (nSPS) is 11.0. The first-order valence-corrected chi connectivity index (χ1v) is 11.6. The lowest BCUT2D eigenvalue weighted by Gasteiger charge is -2.04. The summed E-state index contributed by atoms with van der Waals surface area (Å²) in [5.74, 6) is 0. The Labute approximate surface area is 155 Å². The van der Waals surface area contributed by atoms with E-state index in [4.69, 9.17) is 13.0 Å². The molecular formula is C20H37NO3S. The molecule has 0 atom stereocenters. The molecule has 0 radical (unpaired) electrons. The van der Waals surface area contributed by atoms with Gasteiger partial charge in [-0.15, -0.1) is 0 Å². The third-order valence-corrected chi connectivity index (χ3v) is 4.07. The minimum atomic E-state index is -3.92. The first-order valence-electron chi connectivity index (χ1n) is 9.76. The fourth-order valence-electron chi connectivity index (χ4n) is 2.73. The molecule has 0 fully saturated rings. The Kier molecular flexibility index (Phi) is 14.7. The molecule has 0 unspecified atom stereocenters. The van der Waals surface area contributed by atoms with Crippen LogP contribution in [0.15, 0.2) is 24.4 Å². The third-order valence-electron chi connectivity index (χ3n) is 4.07. The summed E-state index contributed by atoms with van der Waals surface area (Å²) in [7, 11) is -3.92. The number of aromatic nitrogens is 1. The summed E-state index contributed by atoms with van der Waals surface area (Å²) in [6.45, 7) is 5.76. The van der Waals surface area contributed by atoms with Crippen LogP contribution in [-0.2, 0) is 23.1 Å². The SMILES string of the molecule is CCCCCCCCCC[n+]1ccccc1CCCC.CS(=O)(=O)[O-]. The van der Waals surface area contributed by atoms with Gasteiger partial charge in [-0.05, 0) is 12.8 Å². The maximum atomic E-state index is 9.08. The van der Waals surface area contributed by atoms with Crippen LogP contribution in [0.4, 0.5) is 0 Å². The van der Waals surface area contributed by atoms with Crippen LogP contribution in [-0.4, -0.2) is 19.2 Å². The number of rotatable bonds is 12. The van der Waals surface area contributed by atoms with E-state index in [0.29, 0.717) is 6.26 Å². The van der Waals surface area contributed by atoms with Crippen molar-refractivity contribution >= 4 is 10.1 Å². The second-order valence-electron chi connectivity index (χ2n) is 6.67. The monoisotopic (exact) mass is 371 g/mol. The zero-order valence-electron chi connectivity index (χ0n) is 16.4. The van der Waals surface area contributed by atoms with Gasteiger partial charge in [0.25, 0.3) is 0 Å². The summed E-state index contributed by atoms with van der Waals surface area (Å²) in [5.41, 5.74) is 1.51. The molecule has 0 aliphatic rings. The van der Waals surface area contributed by atoms with Crippen LogP contribution >= 0.6 is 0 Å². The summed E-state index contributed by atoms with van der Waals surface area (Å²) < 4.78 is 29.7. The second kappa shape index (κ2) is 15.3. The number of hydrogen-bond acceptors (Lipinski definition) is 3. The van der Waals surface area contributed by atoms with Gasteiger partial charge in [-0.1, -0.05) is 64.9 Å². The van der Waals surface area contributed by atoms with Crippen molar-refractivity contribution in [1.82, 2.24) is 0 Å². The molecule has 0 aromatic carbocycles. The van der Waals surface area contributed by atoms with E-state index in [0.717, 1.165) is 0 Å². The zero-order chi connectivity index (χ0) is 19.0. The van der Waals surface area contributed by atoms with Crippen molar-refractivity contribution in [3.63, 3.8) is 0 Å². The van der Waals surface area contributed by atoms with Gasteiger partial charge in [-0.2, -0.15) is 0 Å². The molecule has 1 aromatic rings. The molecule has 0 aliphatic heterocycles. The molecule has 146 valence electrons. The molecule has 0 N–H and O–H groups in total. The Balaban J connectivity index is 0.00000101. The van der Waals surface area contributed by atoms with E-state index in [9.17, 15) is 0 Å². The summed E-state index contributed by atoms with van der Waals surface area (Å²) in [6, 6.07) is 6.63. The highest BCUT2D eigenvalue weighted by molar-refractivity contribution is 7.84. The molecule has 5 heteroatoms. The molecule has 25 heavy (non-hydrogen) atoms. The lowest BCUT2D eigenvalue weighted by Crippen LogP contribution is -2.37. The Bertz CT molecular complexity index is 521. The predicted octanol–water partition coefficient (Wildman–Crippen LogP) is 4.62. The van der Waals surface area contributed by atoms with Gasteiger partial charge in [-0.25, -0.2) is 13.0 Å². The highest BCUT2D eigenvalue weighted by Gasteiger charge is 2.07. The Morgan fingerprint density at radius 2 is 1.40 bits per heavy atom. The molecule has 0 aliphatic carbocycles. The van der Waals surface area contributed by atoms with E-state index in [1.54, 1.807) is 0 Å².